The summed E-state index contributed by atoms with van der Waals surface area (Å²) in [5.74, 6) is 0. The molecular weight excluding hydrogens is 216 g/mol. The predicted octanol–water partition coefficient (Wildman–Crippen LogP) is 2.56. The summed E-state index contributed by atoms with van der Waals surface area (Å²) >= 11 is 3.32. The summed E-state index contributed by atoms with van der Waals surface area (Å²) in [7, 11) is 1.70. The van der Waals surface area contributed by atoms with Crippen molar-refractivity contribution >= 4 is 33.4 Å². The lowest BCUT2D eigenvalue weighted by Gasteiger charge is -1.98. The summed E-state index contributed by atoms with van der Waals surface area (Å²) in [6.45, 7) is 0.620. The van der Waals surface area contributed by atoms with Gasteiger partial charge in [-0.15, -0.1) is 11.3 Å². The first kappa shape index (κ1) is 9.89. The summed E-state index contributed by atoms with van der Waals surface area (Å²) in [5, 5.41) is 0. The zero-order valence-corrected chi connectivity index (χ0v) is 9.61. The first-order valence-electron chi connectivity index (χ1n) is 4.12. The zero-order valence-electron chi connectivity index (χ0n) is 7.98. The van der Waals surface area contributed by atoms with Crippen molar-refractivity contribution in [2.75, 3.05) is 13.4 Å². The van der Waals surface area contributed by atoms with Gasteiger partial charge in [0.1, 0.15) is 0 Å². The molecule has 0 aliphatic carbocycles. The number of rotatable bonds is 3. The van der Waals surface area contributed by atoms with E-state index in [1.165, 1.54) is 0 Å². The predicted molar refractivity (Wildman–Crippen MR) is 59.9 cm³/mol. The molecule has 0 saturated carbocycles. The molecule has 0 aliphatic rings. The van der Waals surface area contributed by atoms with Gasteiger partial charge >= 0.3 is 0 Å². The Bertz CT molecular complexity index is 441. The van der Waals surface area contributed by atoms with Gasteiger partial charge in [-0.05, 0) is 12.3 Å². The van der Waals surface area contributed by atoms with Crippen LogP contribution >= 0.6 is 23.1 Å². The third kappa shape index (κ3) is 1.75. The van der Waals surface area contributed by atoms with Gasteiger partial charge in [0.15, 0.2) is 9.99 Å². The Kier molecular flexibility index (Phi) is 3.00. The molecule has 0 N–H and O–H groups in total. The SMILES string of the molecule is COCc1ccnc2nc(SC)sc12. The Hall–Kier alpha value is -0.650. The third-order valence-electron chi connectivity index (χ3n) is 1.83. The first-order valence-corrected chi connectivity index (χ1v) is 6.16. The quantitative estimate of drug-likeness (QED) is 0.753. The molecule has 2 heterocycles. The minimum absolute atomic E-state index is 0.620. The van der Waals surface area contributed by atoms with E-state index in [4.69, 9.17) is 4.74 Å². The summed E-state index contributed by atoms with van der Waals surface area (Å²) in [6.07, 6.45) is 3.80. The van der Waals surface area contributed by atoms with Crippen molar-refractivity contribution < 1.29 is 4.74 Å². The smallest absolute Gasteiger partial charge is 0.171 e. The molecule has 5 heteroatoms. The van der Waals surface area contributed by atoms with Crippen molar-refractivity contribution in [3.63, 3.8) is 0 Å². The standard InChI is InChI=1S/C9H10N2OS2/c1-12-5-6-3-4-10-8-7(6)14-9(11-8)13-2/h3-4H,5H2,1-2H3. The first-order chi connectivity index (χ1) is 6.85. The molecule has 0 radical (unpaired) electrons. The highest BCUT2D eigenvalue weighted by molar-refractivity contribution is 8.00. The molecule has 2 rings (SSSR count). The van der Waals surface area contributed by atoms with Gasteiger partial charge in [-0.2, -0.15) is 0 Å². The minimum Gasteiger partial charge on any atom is -0.380 e. The van der Waals surface area contributed by atoms with Crippen molar-refractivity contribution in [2.24, 2.45) is 0 Å². The topological polar surface area (TPSA) is 35.0 Å². The molecule has 2 aromatic rings. The van der Waals surface area contributed by atoms with Crippen LogP contribution < -0.4 is 0 Å². The van der Waals surface area contributed by atoms with Crippen LogP contribution in [0.5, 0.6) is 0 Å². The number of aromatic nitrogens is 2. The van der Waals surface area contributed by atoms with Crippen LogP contribution in [-0.2, 0) is 11.3 Å². The zero-order chi connectivity index (χ0) is 9.97. The van der Waals surface area contributed by atoms with Crippen LogP contribution in [0.3, 0.4) is 0 Å². The summed E-state index contributed by atoms with van der Waals surface area (Å²) in [4.78, 5) is 8.61. The van der Waals surface area contributed by atoms with E-state index in [2.05, 4.69) is 9.97 Å². The molecule has 14 heavy (non-hydrogen) atoms. The van der Waals surface area contributed by atoms with Gasteiger partial charge in [0.05, 0.1) is 11.3 Å². The highest BCUT2D eigenvalue weighted by Gasteiger charge is 2.07. The Balaban J connectivity index is 2.55. The number of thiazole rings is 1. The fraction of sp³-hybridized carbons (Fsp3) is 0.333. The van der Waals surface area contributed by atoms with Crippen LogP contribution in [0.2, 0.25) is 0 Å². The van der Waals surface area contributed by atoms with E-state index in [-0.39, 0.29) is 0 Å². The summed E-state index contributed by atoms with van der Waals surface area (Å²) < 4.78 is 7.31. The number of thioether (sulfide) groups is 1. The molecule has 3 nitrogen and oxygen atoms in total. The van der Waals surface area contributed by atoms with Gasteiger partial charge in [-0.3, -0.25) is 0 Å². The molecule has 0 bridgehead atoms. The summed E-state index contributed by atoms with van der Waals surface area (Å²) in [6, 6.07) is 1.98. The van der Waals surface area contributed by atoms with Crippen molar-refractivity contribution in [3.8, 4) is 0 Å². The Morgan fingerprint density at radius 2 is 2.43 bits per heavy atom. The van der Waals surface area contributed by atoms with Crippen molar-refractivity contribution in [1.29, 1.82) is 0 Å². The summed E-state index contributed by atoms with van der Waals surface area (Å²) in [5.41, 5.74) is 1.99. The molecule has 0 amide bonds. The van der Waals surface area contributed by atoms with Crippen LogP contribution in [0.1, 0.15) is 5.56 Å². The van der Waals surface area contributed by atoms with Crippen LogP contribution in [0.25, 0.3) is 10.3 Å². The molecule has 0 atom stereocenters. The molecular formula is C9H10N2OS2. The normalized spacial score (nSPS) is 11.0. The van der Waals surface area contributed by atoms with Gasteiger partial charge in [0.2, 0.25) is 0 Å². The third-order valence-corrected chi connectivity index (χ3v) is 3.93. The fourth-order valence-electron chi connectivity index (χ4n) is 1.22. The number of pyridine rings is 1. The number of ether oxygens (including phenoxy) is 1. The fourth-order valence-corrected chi connectivity index (χ4v) is 2.74. The second kappa shape index (κ2) is 4.25. The number of hydrogen-bond donors (Lipinski definition) is 0. The molecule has 0 aromatic carbocycles. The lowest BCUT2D eigenvalue weighted by molar-refractivity contribution is 0.186. The Labute approximate surface area is 90.5 Å². The van der Waals surface area contributed by atoms with Crippen molar-refractivity contribution in [3.05, 3.63) is 17.8 Å². The maximum atomic E-state index is 5.12. The average molecular weight is 226 g/mol. The van der Waals surface area contributed by atoms with Crippen LogP contribution in [0.15, 0.2) is 16.6 Å². The maximum absolute atomic E-state index is 5.12. The minimum atomic E-state index is 0.620. The van der Waals surface area contributed by atoms with Crippen LogP contribution in [0, 0.1) is 0 Å². The highest BCUT2D eigenvalue weighted by Crippen LogP contribution is 2.29. The van der Waals surface area contributed by atoms with Gasteiger partial charge in [0, 0.05) is 18.9 Å². The van der Waals surface area contributed by atoms with Gasteiger partial charge < -0.3 is 4.74 Å². The maximum Gasteiger partial charge on any atom is 0.171 e. The van der Waals surface area contributed by atoms with E-state index in [1.54, 1.807) is 36.4 Å². The molecule has 0 unspecified atom stereocenters. The van der Waals surface area contributed by atoms with Crippen LogP contribution in [-0.4, -0.2) is 23.3 Å². The van der Waals surface area contributed by atoms with Crippen LogP contribution in [0.4, 0.5) is 0 Å². The van der Waals surface area contributed by atoms with Crippen molar-refractivity contribution in [1.82, 2.24) is 9.97 Å². The largest absolute Gasteiger partial charge is 0.380 e. The second-order valence-electron chi connectivity index (χ2n) is 2.74. The lowest BCUT2D eigenvalue weighted by Crippen LogP contribution is -1.88. The van der Waals surface area contributed by atoms with E-state index in [0.717, 1.165) is 20.3 Å². The number of nitrogens with zero attached hydrogens (tertiary/aromatic N) is 2. The van der Waals surface area contributed by atoms with E-state index in [9.17, 15) is 0 Å². The monoisotopic (exact) mass is 226 g/mol. The van der Waals surface area contributed by atoms with E-state index < -0.39 is 0 Å². The molecule has 0 aliphatic heterocycles. The Morgan fingerprint density at radius 1 is 1.57 bits per heavy atom. The lowest BCUT2D eigenvalue weighted by atomic mass is 10.3. The number of hydrogen-bond acceptors (Lipinski definition) is 5. The molecule has 2 aromatic heterocycles. The average Bonchev–Trinajstić information content (AvgIpc) is 2.62. The van der Waals surface area contributed by atoms with Crippen molar-refractivity contribution in [2.45, 2.75) is 10.9 Å². The number of methoxy groups -OCH3 is 1. The molecule has 0 saturated heterocycles. The molecule has 0 fully saturated rings. The Morgan fingerprint density at radius 3 is 3.14 bits per heavy atom. The van der Waals surface area contributed by atoms with E-state index in [1.807, 2.05) is 12.3 Å². The van der Waals surface area contributed by atoms with Gasteiger partial charge in [0.25, 0.3) is 0 Å². The molecule has 74 valence electrons. The highest BCUT2D eigenvalue weighted by atomic mass is 32.2. The second-order valence-corrected chi connectivity index (χ2v) is 4.79. The molecule has 0 spiro atoms. The van der Waals surface area contributed by atoms with Gasteiger partial charge in [-0.1, -0.05) is 11.8 Å². The van der Waals surface area contributed by atoms with E-state index >= 15 is 0 Å². The number of fused-ring (bicyclic) bond motifs is 1. The van der Waals surface area contributed by atoms with Gasteiger partial charge in [-0.25, -0.2) is 9.97 Å². The van der Waals surface area contributed by atoms with E-state index in [0.29, 0.717) is 6.61 Å².